The minimum atomic E-state index is -1.31. The molecule has 8 heteroatoms. The number of hydrogen-bond donors (Lipinski definition) is 3. The second-order valence-electron chi connectivity index (χ2n) is 10.8. The summed E-state index contributed by atoms with van der Waals surface area (Å²) < 4.78 is 5.60. The van der Waals surface area contributed by atoms with Crippen LogP contribution in [0.15, 0.2) is 78.9 Å². The van der Waals surface area contributed by atoms with Gasteiger partial charge in [0, 0.05) is 38.0 Å². The van der Waals surface area contributed by atoms with Gasteiger partial charge in [-0.3, -0.25) is 9.69 Å². The van der Waals surface area contributed by atoms with Crippen LogP contribution in [0, 0.1) is 0 Å². The van der Waals surface area contributed by atoms with E-state index in [0.29, 0.717) is 25.9 Å². The van der Waals surface area contributed by atoms with Gasteiger partial charge in [-0.1, -0.05) is 78.9 Å². The predicted molar refractivity (Wildman–Crippen MR) is 152 cm³/mol. The van der Waals surface area contributed by atoms with Crippen molar-refractivity contribution in [2.24, 2.45) is 0 Å². The lowest BCUT2D eigenvalue weighted by atomic mass is 9.98. The van der Waals surface area contributed by atoms with Crippen LogP contribution in [0.1, 0.15) is 48.8 Å². The fraction of sp³-hybridized carbons (Fsp3) is 0.344. The molecule has 0 aromatic heterocycles. The van der Waals surface area contributed by atoms with Crippen molar-refractivity contribution in [3.8, 4) is 11.1 Å². The zero-order chi connectivity index (χ0) is 28.1. The van der Waals surface area contributed by atoms with Gasteiger partial charge in [-0.15, -0.1) is 0 Å². The van der Waals surface area contributed by atoms with E-state index in [1.54, 1.807) is 6.92 Å². The topological polar surface area (TPSA) is 108 Å². The number of hydrogen-bond acceptors (Lipinski definition) is 5. The first-order valence-electron chi connectivity index (χ1n) is 13.8. The highest BCUT2D eigenvalue weighted by Crippen LogP contribution is 2.44. The summed E-state index contributed by atoms with van der Waals surface area (Å²) in [6.07, 6.45) is 0.260. The van der Waals surface area contributed by atoms with Gasteiger partial charge >= 0.3 is 12.1 Å². The molecule has 2 aliphatic rings. The van der Waals surface area contributed by atoms with Gasteiger partial charge in [0.2, 0.25) is 5.91 Å². The molecule has 1 aliphatic carbocycles. The number of likely N-dealkylation sites (tertiary alicyclic amines) is 1. The molecule has 3 N–H and O–H groups in total. The van der Waals surface area contributed by atoms with E-state index < -0.39 is 17.6 Å². The van der Waals surface area contributed by atoms with Crippen molar-refractivity contribution in [1.82, 2.24) is 15.5 Å². The van der Waals surface area contributed by atoms with E-state index in [4.69, 9.17) is 4.74 Å². The summed E-state index contributed by atoms with van der Waals surface area (Å²) in [5.74, 6) is -1.40. The summed E-state index contributed by atoms with van der Waals surface area (Å²) in [5.41, 5.74) is 4.40. The van der Waals surface area contributed by atoms with E-state index in [1.165, 1.54) is 0 Å². The SMILES string of the molecule is CC(CCC(=O)NC1(C(=O)O)CCN(Cc2ccccc2)C1)NC(=O)OCC1c2ccccc2-c2ccccc21. The van der Waals surface area contributed by atoms with Gasteiger partial charge in [0.05, 0.1) is 0 Å². The van der Waals surface area contributed by atoms with Gasteiger partial charge in [0.25, 0.3) is 0 Å². The van der Waals surface area contributed by atoms with Crippen LogP contribution in [0.4, 0.5) is 4.79 Å². The molecule has 40 heavy (non-hydrogen) atoms. The summed E-state index contributed by atoms with van der Waals surface area (Å²) in [6, 6.07) is 25.8. The third-order valence-electron chi connectivity index (χ3n) is 7.90. The lowest BCUT2D eigenvalue weighted by molar-refractivity contribution is -0.147. The Morgan fingerprint density at radius 3 is 2.25 bits per heavy atom. The molecule has 0 bridgehead atoms. The van der Waals surface area contributed by atoms with Gasteiger partial charge < -0.3 is 20.5 Å². The Bertz CT molecular complexity index is 1330. The third kappa shape index (κ3) is 6.02. The maximum absolute atomic E-state index is 12.8. The van der Waals surface area contributed by atoms with Crippen molar-refractivity contribution < 1.29 is 24.2 Å². The summed E-state index contributed by atoms with van der Waals surface area (Å²) in [7, 11) is 0. The highest BCUT2D eigenvalue weighted by atomic mass is 16.5. The quantitative estimate of drug-likeness (QED) is 0.348. The fourth-order valence-electron chi connectivity index (χ4n) is 5.79. The molecule has 1 aliphatic heterocycles. The first-order chi connectivity index (χ1) is 19.3. The van der Waals surface area contributed by atoms with Gasteiger partial charge in [0.1, 0.15) is 6.61 Å². The van der Waals surface area contributed by atoms with Gasteiger partial charge in [-0.25, -0.2) is 9.59 Å². The Kier molecular flexibility index (Phi) is 8.16. The molecule has 0 spiro atoms. The van der Waals surface area contributed by atoms with E-state index in [1.807, 2.05) is 59.5 Å². The van der Waals surface area contributed by atoms with E-state index in [0.717, 1.165) is 27.8 Å². The Hall–Kier alpha value is -4.17. The van der Waals surface area contributed by atoms with Crippen LogP contribution in [0.25, 0.3) is 11.1 Å². The number of ether oxygens (including phenoxy) is 1. The first-order valence-corrected chi connectivity index (χ1v) is 13.8. The van der Waals surface area contributed by atoms with Crippen LogP contribution < -0.4 is 10.6 Å². The van der Waals surface area contributed by atoms with E-state index in [-0.39, 0.29) is 37.4 Å². The van der Waals surface area contributed by atoms with Crippen molar-refractivity contribution in [1.29, 1.82) is 0 Å². The number of nitrogens with one attached hydrogen (secondary N) is 2. The summed E-state index contributed by atoms with van der Waals surface area (Å²) in [4.78, 5) is 39.5. The molecule has 3 aromatic carbocycles. The molecule has 208 valence electrons. The number of benzene rings is 3. The molecular formula is C32H35N3O5. The number of aliphatic carboxylic acids is 1. The van der Waals surface area contributed by atoms with Gasteiger partial charge in [-0.05, 0) is 47.6 Å². The zero-order valence-electron chi connectivity index (χ0n) is 22.6. The number of carbonyl (C=O) groups excluding carboxylic acids is 2. The van der Waals surface area contributed by atoms with Gasteiger partial charge in [0.15, 0.2) is 5.54 Å². The molecule has 5 rings (SSSR count). The number of nitrogens with zero attached hydrogens (tertiary/aromatic N) is 1. The second-order valence-corrected chi connectivity index (χ2v) is 10.8. The second kappa shape index (κ2) is 11.9. The van der Waals surface area contributed by atoms with Crippen LogP contribution in [0.5, 0.6) is 0 Å². The number of carbonyl (C=O) groups is 3. The molecule has 0 radical (unpaired) electrons. The molecular weight excluding hydrogens is 506 g/mol. The predicted octanol–water partition coefficient (Wildman–Crippen LogP) is 4.54. The Morgan fingerprint density at radius 2 is 1.60 bits per heavy atom. The first kappa shape index (κ1) is 27.4. The standard InChI is InChI=1S/C32H35N3O5/c1-22(33-31(39)40-20-28-26-13-7-5-11-24(26)25-12-6-8-14-27(25)28)15-16-29(36)34-32(30(37)38)17-18-35(21-32)19-23-9-3-2-4-10-23/h2-14,22,28H,15-21H2,1H3,(H,33,39)(H,34,36)(H,37,38). The minimum Gasteiger partial charge on any atom is -0.479 e. The summed E-state index contributed by atoms with van der Waals surface area (Å²) in [6.45, 7) is 3.48. The maximum Gasteiger partial charge on any atom is 0.407 e. The molecule has 3 aromatic rings. The van der Waals surface area contributed by atoms with Crippen LogP contribution >= 0.6 is 0 Å². The lowest BCUT2D eigenvalue weighted by Crippen LogP contribution is -2.56. The monoisotopic (exact) mass is 541 g/mol. The highest BCUT2D eigenvalue weighted by Gasteiger charge is 2.46. The van der Waals surface area contributed by atoms with Crippen LogP contribution in [0.3, 0.4) is 0 Å². The van der Waals surface area contributed by atoms with E-state index in [2.05, 4.69) is 34.9 Å². The lowest BCUT2D eigenvalue weighted by Gasteiger charge is -2.26. The molecule has 2 atom stereocenters. The minimum absolute atomic E-state index is 0.0284. The number of amides is 2. The van der Waals surface area contributed by atoms with Crippen LogP contribution in [-0.2, 0) is 20.9 Å². The maximum atomic E-state index is 12.8. The molecule has 1 saturated heterocycles. The highest BCUT2D eigenvalue weighted by molar-refractivity contribution is 5.87. The largest absolute Gasteiger partial charge is 0.479 e. The van der Waals surface area contributed by atoms with Crippen molar-refractivity contribution in [2.75, 3.05) is 19.7 Å². The van der Waals surface area contributed by atoms with Gasteiger partial charge in [-0.2, -0.15) is 0 Å². The van der Waals surface area contributed by atoms with Crippen molar-refractivity contribution in [2.45, 2.75) is 50.2 Å². The molecule has 1 fully saturated rings. The molecule has 2 amide bonds. The van der Waals surface area contributed by atoms with E-state index in [9.17, 15) is 19.5 Å². The summed E-state index contributed by atoms with van der Waals surface area (Å²) in [5, 5.41) is 15.5. The Labute approximate surface area is 234 Å². The number of alkyl carbamates (subject to hydrolysis) is 1. The van der Waals surface area contributed by atoms with Crippen molar-refractivity contribution >= 4 is 18.0 Å². The Balaban J connectivity index is 1.08. The third-order valence-corrected chi connectivity index (χ3v) is 7.90. The number of carboxylic acid groups (broad SMARTS) is 1. The molecule has 8 nitrogen and oxygen atoms in total. The number of rotatable bonds is 10. The Morgan fingerprint density at radius 1 is 0.975 bits per heavy atom. The summed E-state index contributed by atoms with van der Waals surface area (Å²) >= 11 is 0. The smallest absolute Gasteiger partial charge is 0.407 e. The van der Waals surface area contributed by atoms with Crippen molar-refractivity contribution in [3.63, 3.8) is 0 Å². The molecule has 2 unspecified atom stereocenters. The van der Waals surface area contributed by atoms with Crippen LogP contribution in [0.2, 0.25) is 0 Å². The average molecular weight is 542 g/mol. The molecule has 1 heterocycles. The zero-order valence-corrected chi connectivity index (χ0v) is 22.6. The number of fused-ring (bicyclic) bond motifs is 3. The van der Waals surface area contributed by atoms with Crippen molar-refractivity contribution in [3.05, 3.63) is 95.6 Å². The molecule has 0 saturated carbocycles. The number of carboxylic acids is 1. The normalized spacial score (nSPS) is 18.9. The van der Waals surface area contributed by atoms with Crippen LogP contribution in [-0.4, -0.2) is 59.3 Å². The average Bonchev–Trinajstić information content (AvgIpc) is 3.51. The van der Waals surface area contributed by atoms with E-state index >= 15 is 0 Å². The fourth-order valence-corrected chi connectivity index (χ4v) is 5.79.